The maximum atomic E-state index is 13.6. The Balaban J connectivity index is 1.68. The van der Waals surface area contributed by atoms with E-state index < -0.39 is 17.6 Å². The Labute approximate surface area is 218 Å². The highest BCUT2D eigenvalue weighted by Crippen LogP contribution is 2.34. The summed E-state index contributed by atoms with van der Waals surface area (Å²) in [6, 6.07) is 10.1. The molecule has 0 aliphatic carbocycles. The van der Waals surface area contributed by atoms with Crippen LogP contribution in [0.15, 0.2) is 52.4 Å². The van der Waals surface area contributed by atoms with E-state index in [9.17, 15) is 22.8 Å². The molecule has 2 heterocycles. The molecule has 0 spiro atoms. The van der Waals surface area contributed by atoms with E-state index in [1.807, 2.05) is 32.9 Å². The highest BCUT2D eigenvalue weighted by atomic mass is 35.5. The Bertz CT molecular complexity index is 1510. The molecule has 0 unspecified atom stereocenters. The van der Waals surface area contributed by atoms with Gasteiger partial charge in [-0.25, -0.2) is 4.98 Å². The molecule has 0 atom stereocenters. The number of anilines is 1. The van der Waals surface area contributed by atoms with Gasteiger partial charge in [0, 0.05) is 4.88 Å². The van der Waals surface area contributed by atoms with Crippen molar-refractivity contribution in [3.05, 3.63) is 79.4 Å². The van der Waals surface area contributed by atoms with Crippen molar-refractivity contribution in [3.8, 4) is 5.69 Å². The number of halogens is 4. The molecular formula is C25H21ClF3N3O2S2. The number of thioether (sulfide) groups is 1. The molecule has 2 aromatic carbocycles. The summed E-state index contributed by atoms with van der Waals surface area (Å²) in [4.78, 5) is 32.6. The van der Waals surface area contributed by atoms with E-state index in [1.165, 1.54) is 15.9 Å². The van der Waals surface area contributed by atoms with E-state index in [2.05, 4.69) is 5.32 Å². The first kappa shape index (κ1) is 26.2. The van der Waals surface area contributed by atoms with Crippen LogP contribution >= 0.6 is 34.7 Å². The van der Waals surface area contributed by atoms with Crippen molar-refractivity contribution < 1.29 is 18.0 Å². The number of aryl methyl sites for hydroxylation is 3. The molecule has 0 aliphatic rings. The largest absolute Gasteiger partial charge is 0.416 e. The molecule has 0 aliphatic heterocycles. The van der Waals surface area contributed by atoms with Crippen molar-refractivity contribution >= 4 is 56.5 Å². The lowest BCUT2D eigenvalue weighted by molar-refractivity contribution is -0.137. The fourth-order valence-electron chi connectivity index (χ4n) is 3.68. The maximum absolute atomic E-state index is 13.6. The Hall–Kier alpha value is -2.82. The van der Waals surface area contributed by atoms with Gasteiger partial charge >= 0.3 is 6.18 Å². The van der Waals surface area contributed by atoms with Gasteiger partial charge in [0.15, 0.2) is 5.16 Å². The highest BCUT2D eigenvalue weighted by molar-refractivity contribution is 7.99. The van der Waals surface area contributed by atoms with Crippen LogP contribution in [0.4, 0.5) is 18.9 Å². The summed E-state index contributed by atoms with van der Waals surface area (Å²) in [5.74, 6) is -0.774. The average Bonchev–Trinajstić information content (AvgIpc) is 3.15. The molecule has 0 fully saturated rings. The number of thiophene rings is 1. The number of benzene rings is 2. The summed E-state index contributed by atoms with van der Waals surface area (Å²) < 4.78 is 40.6. The van der Waals surface area contributed by atoms with Crippen LogP contribution in [0.1, 0.15) is 28.5 Å². The van der Waals surface area contributed by atoms with E-state index >= 15 is 0 Å². The number of hydrogen-bond acceptors (Lipinski definition) is 5. The zero-order chi connectivity index (χ0) is 26.2. The van der Waals surface area contributed by atoms with Gasteiger partial charge in [-0.2, -0.15) is 13.2 Å². The van der Waals surface area contributed by atoms with Crippen molar-refractivity contribution in [2.24, 2.45) is 0 Å². The molecule has 1 amide bonds. The van der Waals surface area contributed by atoms with Crippen LogP contribution in [-0.2, 0) is 17.4 Å². The number of aromatic nitrogens is 2. The number of hydrogen-bond donors (Lipinski definition) is 1. The third kappa shape index (κ3) is 5.30. The third-order valence-electron chi connectivity index (χ3n) is 5.55. The zero-order valence-electron chi connectivity index (χ0n) is 19.5. The van der Waals surface area contributed by atoms with Gasteiger partial charge in [-0.15, -0.1) is 11.3 Å². The Morgan fingerprint density at radius 3 is 2.50 bits per heavy atom. The normalized spacial score (nSPS) is 11.8. The van der Waals surface area contributed by atoms with E-state index in [0.717, 1.165) is 52.4 Å². The quantitative estimate of drug-likeness (QED) is 0.206. The fourth-order valence-corrected chi connectivity index (χ4v) is 5.82. The lowest BCUT2D eigenvalue weighted by Gasteiger charge is -2.14. The van der Waals surface area contributed by atoms with Gasteiger partial charge in [0.2, 0.25) is 5.91 Å². The number of amides is 1. The van der Waals surface area contributed by atoms with Crippen molar-refractivity contribution in [2.75, 3.05) is 11.1 Å². The molecule has 2 aromatic heterocycles. The van der Waals surface area contributed by atoms with Crippen molar-refractivity contribution in [1.82, 2.24) is 9.55 Å². The number of nitrogens with one attached hydrogen (secondary N) is 1. The van der Waals surface area contributed by atoms with Crippen molar-refractivity contribution in [3.63, 3.8) is 0 Å². The fraction of sp³-hybridized carbons (Fsp3) is 0.240. The first-order valence-corrected chi connectivity index (χ1v) is 13.1. The number of carbonyl (C=O) groups excluding carboxylic acids is 1. The van der Waals surface area contributed by atoms with E-state index in [4.69, 9.17) is 16.6 Å². The number of carbonyl (C=O) groups is 1. The van der Waals surface area contributed by atoms with Gasteiger partial charge in [-0.05, 0) is 56.2 Å². The van der Waals surface area contributed by atoms with Gasteiger partial charge in [0.25, 0.3) is 5.56 Å². The van der Waals surface area contributed by atoms with Crippen molar-refractivity contribution in [1.29, 1.82) is 0 Å². The van der Waals surface area contributed by atoms with Gasteiger partial charge in [-0.1, -0.05) is 48.0 Å². The van der Waals surface area contributed by atoms with E-state index in [0.29, 0.717) is 21.1 Å². The van der Waals surface area contributed by atoms with Gasteiger partial charge in [0.05, 0.1) is 33.1 Å². The molecule has 1 N–H and O–H groups in total. The number of fused-ring (bicyclic) bond motifs is 1. The first-order chi connectivity index (χ1) is 17.0. The molecule has 0 bridgehead atoms. The van der Waals surface area contributed by atoms with Crippen LogP contribution in [0.5, 0.6) is 0 Å². The number of nitrogens with zero attached hydrogens (tertiary/aromatic N) is 2. The summed E-state index contributed by atoms with van der Waals surface area (Å²) in [6.07, 6.45) is -3.81. The molecule has 4 rings (SSSR count). The van der Waals surface area contributed by atoms with Crippen LogP contribution in [0.25, 0.3) is 15.9 Å². The minimum Gasteiger partial charge on any atom is -0.324 e. The van der Waals surface area contributed by atoms with Crippen LogP contribution in [0, 0.1) is 13.8 Å². The lowest BCUT2D eigenvalue weighted by Crippen LogP contribution is -2.23. The Kier molecular flexibility index (Phi) is 7.49. The summed E-state index contributed by atoms with van der Waals surface area (Å²) in [5.41, 5.74) is 1.22. The summed E-state index contributed by atoms with van der Waals surface area (Å²) in [5, 5.41) is 3.27. The SMILES string of the molecule is CCc1sc2nc(SCC(=O)Nc3cc(C(F)(F)F)ccc3Cl)n(-c3ccc(C)cc3)c(=O)c2c1C. The predicted molar refractivity (Wildman–Crippen MR) is 140 cm³/mol. The minimum absolute atomic E-state index is 0.0152. The van der Waals surface area contributed by atoms with Crippen LogP contribution in [0.2, 0.25) is 5.02 Å². The van der Waals surface area contributed by atoms with Gasteiger partial charge < -0.3 is 5.32 Å². The topological polar surface area (TPSA) is 64.0 Å². The number of rotatable bonds is 6. The molecule has 4 aromatic rings. The van der Waals surface area contributed by atoms with Crippen LogP contribution in [0.3, 0.4) is 0 Å². The molecule has 36 heavy (non-hydrogen) atoms. The molecule has 0 saturated heterocycles. The zero-order valence-corrected chi connectivity index (χ0v) is 21.9. The monoisotopic (exact) mass is 551 g/mol. The maximum Gasteiger partial charge on any atom is 0.416 e. The summed E-state index contributed by atoms with van der Waals surface area (Å²) >= 11 is 8.46. The van der Waals surface area contributed by atoms with Crippen LogP contribution in [-0.4, -0.2) is 21.2 Å². The average molecular weight is 552 g/mol. The van der Waals surface area contributed by atoms with Gasteiger partial charge in [0.1, 0.15) is 4.83 Å². The Morgan fingerprint density at radius 1 is 1.17 bits per heavy atom. The standard InChI is InChI=1S/C25H21ClF3N3O2S2/c1-4-19-14(3)21-22(36-19)31-24(32(23(21)34)16-8-5-13(2)6-9-16)35-12-20(33)30-18-11-15(25(27,28)29)7-10-17(18)26/h5-11H,4,12H2,1-3H3,(H,30,33). The molecule has 188 valence electrons. The van der Waals surface area contributed by atoms with Crippen LogP contribution < -0.4 is 10.9 Å². The number of alkyl halides is 3. The predicted octanol–water partition coefficient (Wildman–Crippen LogP) is 7.03. The molecule has 0 saturated carbocycles. The molecule has 5 nitrogen and oxygen atoms in total. The van der Waals surface area contributed by atoms with E-state index in [1.54, 1.807) is 12.1 Å². The smallest absolute Gasteiger partial charge is 0.324 e. The molecule has 0 radical (unpaired) electrons. The van der Waals surface area contributed by atoms with E-state index in [-0.39, 0.29) is 22.0 Å². The lowest BCUT2D eigenvalue weighted by atomic mass is 10.2. The first-order valence-electron chi connectivity index (χ1n) is 10.9. The minimum atomic E-state index is -4.57. The Morgan fingerprint density at radius 2 is 1.86 bits per heavy atom. The summed E-state index contributed by atoms with van der Waals surface area (Å²) in [6.45, 7) is 5.85. The third-order valence-corrected chi connectivity index (χ3v) is 8.14. The second kappa shape index (κ2) is 10.3. The second-order valence-corrected chi connectivity index (χ2v) is 10.5. The molecular weight excluding hydrogens is 531 g/mol. The highest BCUT2D eigenvalue weighted by Gasteiger charge is 2.31. The summed E-state index contributed by atoms with van der Waals surface area (Å²) in [7, 11) is 0. The van der Waals surface area contributed by atoms with Gasteiger partial charge in [-0.3, -0.25) is 14.2 Å². The second-order valence-electron chi connectivity index (χ2n) is 8.08. The van der Waals surface area contributed by atoms with Crippen molar-refractivity contribution in [2.45, 2.75) is 38.5 Å². The molecule has 11 heteroatoms.